The quantitative estimate of drug-likeness (QED) is 0.859. The van der Waals surface area contributed by atoms with Crippen LogP contribution in [-0.4, -0.2) is 15.3 Å². The van der Waals surface area contributed by atoms with Crippen molar-refractivity contribution in [3.8, 4) is 0 Å². The lowest BCUT2D eigenvalue weighted by atomic mass is 10.1. The molecule has 3 heteroatoms. The van der Waals surface area contributed by atoms with Crippen molar-refractivity contribution in [1.29, 1.82) is 0 Å². The van der Waals surface area contributed by atoms with Crippen LogP contribution >= 0.6 is 0 Å². The number of benzene rings is 1. The molecule has 3 nitrogen and oxygen atoms in total. The molecule has 1 heterocycles. The minimum atomic E-state index is -0.888. The fraction of sp³-hybridized carbons (Fsp3) is 0.357. The van der Waals surface area contributed by atoms with Gasteiger partial charge in [-0.05, 0) is 43.9 Å². The first-order valence-electron chi connectivity index (χ1n) is 5.70. The monoisotopic (exact) mass is 231 g/mol. The van der Waals surface area contributed by atoms with Gasteiger partial charge in [0.25, 0.3) is 5.56 Å². The number of hydrogen-bond donors (Lipinski definition) is 1. The van der Waals surface area contributed by atoms with Crippen molar-refractivity contribution < 1.29 is 5.11 Å². The van der Waals surface area contributed by atoms with Gasteiger partial charge in [-0.1, -0.05) is 12.1 Å². The molecule has 2 aromatic rings. The van der Waals surface area contributed by atoms with Crippen LogP contribution in [0.15, 0.2) is 35.3 Å². The fourth-order valence-corrected chi connectivity index (χ4v) is 2.02. The van der Waals surface area contributed by atoms with Crippen molar-refractivity contribution in [2.24, 2.45) is 0 Å². The molecule has 1 N–H and O–H groups in total. The number of nitrogens with zero attached hydrogens (tertiary/aromatic N) is 1. The number of aromatic nitrogens is 1. The van der Waals surface area contributed by atoms with E-state index in [1.54, 1.807) is 24.6 Å². The summed E-state index contributed by atoms with van der Waals surface area (Å²) in [5.74, 6) is 0. The number of fused-ring (bicyclic) bond motifs is 1. The average molecular weight is 231 g/mol. The SMILES string of the molecule is Cc1cccc2c(=O)n(CC(C)(C)O)ccc12. The number of rotatable bonds is 2. The second-order valence-corrected chi connectivity index (χ2v) is 5.10. The van der Waals surface area contributed by atoms with Crippen molar-refractivity contribution in [1.82, 2.24) is 4.57 Å². The fourth-order valence-electron chi connectivity index (χ4n) is 2.02. The summed E-state index contributed by atoms with van der Waals surface area (Å²) in [5.41, 5.74) is 0.157. The van der Waals surface area contributed by atoms with Gasteiger partial charge >= 0.3 is 0 Å². The first kappa shape index (κ1) is 11.9. The van der Waals surface area contributed by atoms with Gasteiger partial charge in [-0.2, -0.15) is 0 Å². The van der Waals surface area contributed by atoms with Crippen molar-refractivity contribution in [2.45, 2.75) is 32.9 Å². The Morgan fingerprint density at radius 1 is 1.24 bits per heavy atom. The molecule has 0 aliphatic heterocycles. The van der Waals surface area contributed by atoms with Gasteiger partial charge in [-0.25, -0.2) is 0 Å². The van der Waals surface area contributed by atoms with Gasteiger partial charge in [0.15, 0.2) is 0 Å². The molecule has 90 valence electrons. The van der Waals surface area contributed by atoms with Crippen molar-refractivity contribution in [2.75, 3.05) is 0 Å². The maximum atomic E-state index is 12.2. The second kappa shape index (κ2) is 4.00. The molecule has 0 saturated carbocycles. The lowest BCUT2D eigenvalue weighted by Gasteiger charge is -2.19. The van der Waals surface area contributed by atoms with Crippen LogP contribution in [0.5, 0.6) is 0 Å². The van der Waals surface area contributed by atoms with Crippen molar-refractivity contribution in [3.05, 3.63) is 46.4 Å². The molecule has 0 atom stereocenters. The first-order chi connectivity index (χ1) is 7.88. The van der Waals surface area contributed by atoms with E-state index < -0.39 is 5.60 Å². The van der Waals surface area contributed by atoms with E-state index in [0.717, 1.165) is 10.9 Å². The topological polar surface area (TPSA) is 42.2 Å². The molecule has 0 fully saturated rings. The Morgan fingerprint density at radius 2 is 1.94 bits per heavy atom. The van der Waals surface area contributed by atoms with E-state index in [1.165, 1.54) is 0 Å². The molecule has 0 aliphatic rings. The molecule has 0 aliphatic carbocycles. The zero-order chi connectivity index (χ0) is 12.6. The molecule has 0 unspecified atom stereocenters. The third kappa shape index (κ3) is 2.39. The summed E-state index contributed by atoms with van der Waals surface area (Å²) < 4.78 is 1.56. The van der Waals surface area contributed by atoms with E-state index >= 15 is 0 Å². The molecule has 0 amide bonds. The summed E-state index contributed by atoms with van der Waals surface area (Å²) in [6.45, 7) is 5.68. The largest absolute Gasteiger partial charge is 0.389 e. The van der Waals surface area contributed by atoms with Gasteiger partial charge in [0.05, 0.1) is 12.1 Å². The summed E-state index contributed by atoms with van der Waals surface area (Å²) in [5, 5.41) is 11.4. The minimum absolute atomic E-state index is 0.0478. The van der Waals surface area contributed by atoms with Gasteiger partial charge in [0.2, 0.25) is 0 Å². The maximum absolute atomic E-state index is 12.2. The number of pyridine rings is 1. The molecular formula is C14H17NO2. The van der Waals surface area contributed by atoms with Crippen LogP contribution in [0.2, 0.25) is 0 Å². The Kier molecular flexibility index (Phi) is 2.79. The Balaban J connectivity index is 2.63. The van der Waals surface area contributed by atoms with Crippen LogP contribution in [0.4, 0.5) is 0 Å². The van der Waals surface area contributed by atoms with E-state index in [0.29, 0.717) is 11.9 Å². The highest BCUT2D eigenvalue weighted by Crippen LogP contribution is 2.15. The molecule has 0 bridgehead atoms. The molecule has 1 aromatic heterocycles. The highest BCUT2D eigenvalue weighted by atomic mass is 16.3. The second-order valence-electron chi connectivity index (χ2n) is 5.10. The standard InChI is InChI=1S/C14H17NO2/c1-10-5-4-6-12-11(10)7-8-15(13(12)16)9-14(2,3)17/h4-8,17H,9H2,1-3H3. The average Bonchev–Trinajstić information content (AvgIpc) is 2.21. The summed E-state index contributed by atoms with van der Waals surface area (Å²) >= 11 is 0. The summed E-state index contributed by atoms with van der Waals surface area (Å²) in [4.78, 5) is 12.2. The van der Waals surface area contributed by atoms with E-state index in [-0.39, 0.29) is 5.56 Å². The van der Waals surface area contributed by atoms with E-state index in [2.05, 4.69) is 0 Å². The van der Waals surface area contributed by atoms with Gasteiger partial charge in [0, 0.05) is 11.6 Å². The number of aryl methyl sites for hydroxylation is 1. The van der Waals surface area contributed by atoms with Crippen molar-refractivity contribution >= 4 is 10.8 Å². The van der Waals surface area contributed by atoms with Crippen molar-refractivity contribution in [3.63, 3.8) is 0 Å². The Bertz CT molecular complexity index is 606. The summed E-state index contributed by atoms with van der Waals surface area (Å²) in [6, 6.07) is 7.62. The van der Waals surface area contributed by atoms with E-state index in [1.807, 2.05) is 31.2 Å². The van der Waals surface area contributed by atoms with Crippen LogP contribution in [-0.2, 0) is 6.54 Å². The number of hydrogen-bond acceptors (Lipinski definition) is 2. The first-order valence-corrected chi connectivity index (χ1v) is 5.70. The summed E-state index contributed by atoms with van der Waals surface area (Å²) in [7, 11) is 0. The highest BCUT2D eigenvalue weighted by molar-refractivity contribution is 5.84. The van der Waals surface area contributed by atoms with E-state index in [9.17, 15) is 9.90 Å². The Labute approximate surface area is 100 Å². The van der Waals surface area contributed by atoms with Gasteiger partial charge < -0.3 is 9.67 Å². The molecule has 2 rings (SSSR count). The molecule has 0 spiro atoms. The third-order valence-corrected chi connectivity index (χ3v) is 2.79. The predicted molar refractivity (Wildman–Crippen MR) is 69.2 cm³/mol. The lowest BCUT2D eigenvalue weighted by molar-refractivity contribution is 0.0606. The normalized spacial score (nSPS) is 12.0. The summed E-state index contributed by atoms with van der Waals surface area (Å²) in [6.07, 6.45) is 1.75. The third-order valence-electron chi connectivity index (χ3n) is 2.79. The predicted octanol–water partition coefficient (Wildman–Crippen LogP) is 2.08. The highest BCUT2D eigenvalue weighted by Gasteiger charge is 2.15. The van der Waals surface area contributed by atoms with E-state index in [4.69, 9.17) is 0 Å². The minimum Gasteiger partial charge on any atom is -0.389 e. The lowest BCUT2D eigenvalue weighted by Crippen LogP contribution is -2.32. The van der Waals surface area contributed by atoms with Crippen LogP contribution in [0.25, 0.3) is 10.8 Å². The van der Waals surface area contributed by atoms with Gasteiger partial charge in [0.1, 0.15) is 0 Å². The molecular weight excluding hydrogens is 214 g/mol. The Hall–Kier alpha value is -1.61. The number of aliphatic hydroxyl groups is 1. The maximum Gasteiger partial charge on any atom is 0.258 e. The van der Waals surface area contributed by atoms with Gasteiger partial charge in [-0.3, -0.25) is 4.79 Å². The molecule has 1 aromatic carbocycles. The smallest absolute Gasteiger partial charge is 0.258 e. The van der Waals surface area contributed by atoms with Gasteiger partial charge in [-0.15, -0.1) is 0 Å². The van der Waals surface area contributed by atoms with Crippen LogP contribution in [0, 0.1) is 6.92 Å². The van der Waals surface area contributed by atoms with Crippen LogP contribution in [0.3, 0.4) is 0 Å². The molecule has 0 saturated heterocycles. The van der Waals surface area contributed by atoms with Crippen LogP contribution in [0.1, 0.15) is 19.4 Å². The molecule has 17 heavy (non-hydrogen) atoms. The zero-order valence-electron chi connectivity index (χ0n) is 10.4. The van der Waals surface area contributed by atoms with Crippen LogP contribution < -0.4 is 5.56 Å². The zero-order valence-corrected chi connectivity index (χ0v) is 10.4. The Morgan fingerprint density at radius 3 is 2.59 bits per heavy atom. The molecule has 0 radical (unpaired) electrons.